The molecule has 0 aliphatic carbocycles. The predicted molar refractivity (Wildman–Crippen MR) is 153 cm³/mol. The van der Waals surface area contributed by atoms with Gasteiger partial charge in [-0.3, -0.25) is 14.4 Å². The number of unbranched alkanes of at least 4 members (excludes halogenated alkanes) is 8. The molecule has 0 aliphatic rings. The Hall–Kier alpha value is -1.35. The fourth-order valence-electron chi connectivity index (χ4n) is 3.32. The highest BCUT2D eigenvalue weighted by atomic mass is 127. The third-order valence-corrected chi connectivity index (χ3v) is 6.02. The van der Waals surface area contributed by atoms with Crippen molar-refractivity contribution in [1.29, 1.82) is 0 Å². The first kappa shape index (κ1) is 36.6. The lowest BCUT2D eigenvalue weighted by Gasteiger charge is -2.08. The van der Waals surface area contributed by atoms with Gasteiger partial charge in [-0.25, -0.2) is 0 Å². The summed E-state index contributed by atoms with van der Waals surface area (Å²) in [4.78, 5) is 44.7. The molecule has 0 aliphatic heterocycles. The van der Waals surface area contributed by atoms with Crippen molar-refractivity contribution in [2.75, 3.05) is 76.9 Å². The van der Waals surface area contributed by atoms with E-state index < -0.39 is 0 Å². The Morgan fingerprint density at radius 3 is 1.66 bits per heavy atom. The average molecular weight is 658 g/mol. The lowest BCUT2D eigenvalue weighted by atomic mass is 10.1. The minimum atomic E-state index is -0.233. The van der Waals surface area contributed by atoms with E-state index in [2.05, 4.69) is 38.5 Å². The molecule has 0 rings (SSSR count). The van der Waals surface area contributed by atoms with E-state index in [1.807, 2.05) is 0 Å². The van der Waals surface area contributed by atoms with Crippen molar-refractivity contribution in [3.8, 4) is 0 Å². The lowest BCUT2D eigenvalue weighted by Crippen LogP contribution is -2.31. The van der Waals surface area contributed by atoms with Crippen molar-refractivity contribution >= 4 is 46.6 Å². The van der Waals surface area contributed by atoms with Crippen LogP contribution in [0.2, 0.25) is 0 Å². The van der Waals surface area contributed by atoms with Crippen LogP contribution < -0.4 is 16.0 Å². The fraction of sp³-hybridized carbons (Fsp3) is 0.846. The highest BCUT2D eigenvalue weighted by Gasteiger charge is 2.03. The summed E-state index contributed by atoms with van der Waals surface area (Å²) in [5, 5.41) is 8.42. The molecule has 0 atom stereocenters. The molecule has 3 amide bonds. The molecule has 12 heteroatoms. The molecule has 0 heterocycles. The van der Waals surface area contributed by atoms with Gasteiger partial charge in [-0.15, -0.1) is 0 Å². The molecule has 0 saturated heterocycles. The fourth-order valence-corrected chi connectivity index (χ4v) is 3.59. The summed E-state index contributed by atoms with van der Waals surface area (Å²) in [5.41, 5.74) is 0. The zero-order valence-electron chi connectivity index (χ0n) is 22.8. The number of nitrogens with one attached hydrogen (secondary N) is 3. The zero-order chi connectivity index (χ0) is 27.9. The summed E-state index contributed by atoms with van der Waals surface area (Å²) in [6, 6.07) is 0. The number of amides is 3. The molecular formula is C26H48IN3O8. The molecule has 0 saturated carbocycles. The van der Waals surface area contributed by atoms with Crippen molar-refractivity contribution in [3.63, 3.8) is 0 Å². The van der Waals surface area contributed by atoms with Gasteiger partial charge in [-0.2, -0.15) is 0 Å². The van der Waals surface area contributed by atoms with Gasteiger partial charge >= 0.3 is 0 Å². The highest BCUT2D eigenvalue weighted by molar-refractivity contribution is 14.1. The Balaban J connectivity index is 3.27. The summed E-state index contributed by atoms with van der Waals surface area (Å²) in [5.74, 6) is -0.0676. The van der Waals surface area contributed by atoms with Gasteiger partial charge < -0.3 is 39.7 Å². The maximum atomic E-state index is 11.9. The summed E-state index contributed by atoms with van der Waals surface area (Å²) < 4.78 is 21.3. The first-order valence-corrected chi connectivity index (χ1v) is 15.2. The monoisotopic (exact) mass is 657 g/mol. The summed E-state index contributed by atoms with van der Waals surface area (Å²) in [7, 11) is 0. The maximum Gasteiger partial charge on any atom is 0.246 e. The number of carbonyl (C=O) groups excluding carboxylic acids is 4. The number of rotatable bonds is 29. The summed E-state index contributed by atoms with van der Waals surface area (Å²) in [6.45, 7) is 3.72. The van der Waals surface area contributed by atoms with Crippen molar-refractivity contribution in [1.82, 2.24) is 16.0 Å². The van der Waals surface area contributed by atoms with Crippen LogP contribution in [0.4, 0.5) is 0 Å². The Morgan fingerprint density at radius 1 is 0.553 bits per heavy atom. The van der Waals surface area contributed by atoms with E-state index in [1.54, 1.807) is 0 Å². The van der Waals surface area contributed by atoms with Crippen LogP contribution in [0.5, 0.6) is 0 Å². The lowest BCUT2D eigenvalue weighted by molar-refractivity contribution is -0.126. The Labute approximate surface area is 241 Å². The normalized spacial score (nSPS) is 10.8. The van der Waals surface area contributed by atoms with E-state index in [4.69, 9.17) is 18.9 Å². The highest BCUT2D eigenvalue weighted by Crippen LogP contribution is 2.10. The van der Waals surface area contributed by atoms with Crippen LogP contribution in [0.1, 0.15) is 64.2 Å². The van der Waals surface area contributed by atoms with Crippen molar-refractivity contribution in [2.45, 2.75) is 64.2 Å². The molecule has 0 radical (unpaired) electrons. The van der Waals surface area contributed by atoms with Gasteiger partial charge in [-0.05, 0) is 12.8 Å². The molecule has 0 aromatic heterocycles. The van der Waals surface area contributed by atoms with Crippen molar-refractivity contribution < 1.29 is 38.1 Å². The van der Waals surface area contributed by atoms with E-state index in [9.17, 15) is 19.2 Å². The molecule has 0 unspecified atom stereocenters. The van der Waals surface area contributed by atoms with Gasteiger partial charge in [0.15, 0.2) is 0 Å². The van der Waals surface area contributed by atoms with Crippen molar-refractivity contribution in [2.24, 2.45) is 0 Å². The molecule has 0 aromatic rings. The molecule has 3 N–H and O–H groups in total. The van der Waals surface area contributed by atoms with Crippen LogP contribution >= 0.6 is 22.6 Å². The van der Waals surface area contributed by atoms with Crippen LogP contribution in [0.15, 0.2) is 0 Å². The molecule has 0 spiro atoms. The van der Waals surface area contributed by atoms with E-state index in [0.29, 0.717) is 69.9 Å². The van der Waals surface area contributed by atoms with E-state index in [1.165, 1.54) is 25.7 Å². The number of hydrogen-bond donors (Lipinski definition) is 3. The third-order valence-electron chi connectivity index (χ3n) is 5.32. The minimum Gasteiger partial charge on any atom is -0.377 e. The van der Waals surface area contributed by atoms with Gasteiger partial charge in [0, 0.05) is 26.1 Å². The minimum absolute atomic E-state index is 0.0497. The zero-order valence-corrected chi connectivity index (χ0v) is 24.9. The van der Waals surface area contributed by atoms with Gasteiger partial charge in [0.05, 0.1) is 44.1 Å². The Kier molecular flexibility index (Phi) is 29.1. The summed E-state index contributed by atoms with van der Waals surface area (Å²) >= 11 is 2.07. The van der Waals surface area contributed by atoms with Gasteiger partial charge in [-0.1, -0.05) is 67.5 Å². The van der Waals surface area contributed by atoms with Crippen molar-refractivity contribution in [3.05, 3.63) is 0 Å². The SMILES string of the molecule is O=CCOCCOCCNC(=O)COCCOCCNC(=O)CCCCCCCCCCCNC(=O)CI. The number of halogens is 1. The van der Waals surface area contributed by atoms with Crippen LogP contribution in [0, 0.1) is 0 Å². The second-order valence-electron chi connectivity index (χ2n) is 8.63. The van der Waals surface area contributed by atoms with E-state index in [-0.39, 0.29) is 30.9 Å². The smallest absolute Gasteiger partial charge is 0.246 e. The molecule has 0 bridgehead atoms. The largest absolute Gasteiger partial charge is 0.377 e. The molecule has 0 aromatic carbocycles. The second-order valence-corrected chi connectivity index (χ2v) is 9.40. The first-order chi connectivity index (χ1) is 18.6. The Morgan fingerprint density at radius 2 is 1.05 bits per heavy atom. The second kappa shape index (κ2) is 30.2. The Bertz CT molecular complexity index is 599. The van der Waals surface area contributed by atoms with Crippen LogP contribution in [0.25, 0.3) is 0 Å². The standard InChI is InChI=1S/C26H48IN3O8/c27-22-25(33)28-11-9-7-5-3-1-2-4-6-8-10-24(32)29-12-15-36-20-21-38-23-26(34)30-13-16-35-18-19-37-17-14-31/h14H,1-13,15-23H2,(H,28,33)(H,29,32)(H,30,34). The first-order valence-electron chi connectivity index (χ1n) is 13.7. The molecule has 38 heavy (non-hydrogen) atoms. The molecule has 11 nitrogen and oxygen atoms in total. The van der Waals surface area contributed by atoms with Gasteiger partial charge in [0.2, 0.25) is 17.7 Å². The van der Waals surface area contributed by atoms with Gasteiger partial charge in [0.25, 0.3) is 0 Å². The van der Waals surface area contributed by atoms with Crippen LogP contribution in [-0.2, 0) is 38.1 Å². The number of alkyl halides is 1. The quantitative estimate of drug-likeness (QED) is 0.0480. The molecule has 222 valence electrons. The van der Waals surface area contributed by atoms with E-state index in [0.717, 1.165) is 38.6 Å². The van der Waals surface area contributed by atoms with E-state index >= 15 is 0 Å². The van der Waals surface area contributed by atoms with Gasteiger partial charge in [0.1, 0.15) is 19.5 Å². The topological polar surface area (TPSA) is 141 Å². The molecular weight excluding hydrogens is 609 g/mol. The third kappa shape index (κ3) is 29.2. The maximum absolute atomic E-state index is 11.9. The predicted octanol–water partition coefficient (Wildman–Crippen LogP) is 1.94. The van der Waals surface area contributed by atoms with Crippen LogP contribution in [0.3, 0.4) is 0 Å². The summed E-state index contributed by atoms with van der Waals surface area (Å²) in [6.07, 6.45) is 11.5. The average Bonchev–Trinajstić information content (AvgIpc) is 2.92. The number of carbonyl (C=O) groups is 4. The number of ether oxygens (including phenoxy) is 4. The number of aldehydes is 1. The molecule has 0 fully saturated rings. The number of hydrogen-bond acceptors (Lipinski definition) is 8. The van der Waals surface area contributed by atoms with Crippen LogP contribution in [-0.4, -0.2) is 101 Å².